The van der Waals surface area contributed by atoms with Crippen LogP contribution in [0.4, 0.5) is 10.3 Å². The molecule has 33 heavy (non-hydrogen) atoms. The molecule has 0 saturated heterocycles. The van der Waals surface area contributed by atoms with Crippen LogP contribution in [0.5, 0.6) is 0 Å². The average molecular weight is 443 g/mol. The predicted molar refractivity (Wildman–Crippen MR) is 122 cm³/mol. The Labute approximate surface area is 190 Å². The van der Waals surface area contributed by atoms with Gasteiger partial charge in [-0.05, 0) is 42.3 Å². The fraction of sp³-hybridized carbons (Fsp3) is 0.192. The highest BCUT2D eigenvalue weighted by molar-refractivity contribution is 6.08. The molecule has 1 aliphatic rings. The molecule has 4 aromatic rings. The normalized spacial score (nSPS) is 17.8. The number of nitrogens with zero attached hydrogens (tertiary/aromatic N) is 3. The number of esters is 1. The molecule has 0 bridgehead atoms. The van der Waals surface area contributed by atoms with Gasteiger partial charge in [0.1, 0.15) is 5.82 Å². The Morgan fingerprint density at radius 1 is 1.03 bits per heavy atom. The predicted octanol–water partition coefficient (Wildman–Crippen LogP) is 4.49. The third-order valence-corrected chi connectivity index (χ3v) is 5.86. The number of aromatic nitrogens is 2. The lowest BCUT2D eigenvalue weighted by atomic mass is 9.89. The first kappa shape index (κ1) is 20.9. The molecule has 6 nitrogen and oxygen atoms in total. The van der Waals surface area contributed by atoms with E-state index in [1.807, 2.05) is 59.2 Å². The molecule has 0 N–H and O–H groups in total. The van der Waals surface area contributed by atoms with Crippen molar-refractivity contribution in [3.05, 3.63) is 95.8 Å². The zero-order chi connectivity index (χ0) is 22.9. The molecule has 5 rings (SSSR count). The maximum Gasteiger partial charge on any atom is 0.321 e. The monoisotopic (exact) mass is 443 g/mol. The molecule has 1 amide bonds. The molecule has 0 fully saturated rings. The second-order valence-corrected chi connectivity index (χ2v) is 7.91. The summed E-state index contributed by atoms with van der Waals surface area (Å²) in [5, 5.41) is 0. The third kappa shape index (κ3) is 3.65. The molecule has 2 atom stereocenters. The maximum atomic E-state index is 14.2. The van der Waals surface area contributed by atoms with Gasteiger partial charge in [0.15, 0.2) is 5.92 Å². The van der Waals surface area contributed by atoms with Crippen LogP contribution in [0.2, 0.25) is 0 Å². The number of anilines is 1. The van der Waals surface area contributed by atoms with E-state index in [1.54, 1.807) is 19.1 Å². The number of rotatable bonds is 5. The van der Waals surface area contributed by atoms with Crippen molar-refractivity contribution in [2.24, 2.45) is 5.92 Å². The number of para-hydroxylation sites is 2. The zero-order valence-corrected chi connectivity index (χ0v) is 18.0. The van der Waals surface area contributed by atoms with E-state index in [0.29, 0.717) is 17.0 Å². The summed E-state index contributed by atoms with van der Waals surface area (Å²) in [6.45, 7) is 2.08. The van der Waals surface area contributed by atoms with Crippen LogP contribution in [-0.4, -0.2) is 28.0 Å². The molecule has 1 aromatic heterocycles. The van der Waals surface area contributed by atoms with Crippen LogP contribution in [0.15, 0.2) is 78.9 Å². The number of carbonyl (C=O) groups is 2. The molecule has 0 spiro atoms. The van der Waals surface area contributed by atoms with Gasteiger partial charge in [0.05, 0.1) is 30.2 Å². The zero-order valence-electron chi connectivity index (χ0n) is 18.0. The Bertz CT molecular complexity index is 1340. The van der Waals surface area contributed by atoms with E-state index < -0.39 is 29.7 Å². The van der Waals surface area contributed by atoms with Crippen molar-refractivity contribution in [3.8, 4) is 0 Å². The summed E-state index contributed by atoms with van der Waals surface area (Å²) in [6, 6.07) is 22.2. The molecular formula is C26H22FN3O3. The summed E-state index contributed by atoms with van der Waals surface area (Å²) in [6.07, 6.45) is 0. The molecule has 0 aliphatic carbocycles. The number of halogens is 1. The lowest BCUT2D eigenvalue weighted by molar-refractivity contribution is -0.153. The number of ether oxygens (including phenoxy) is 1. The van der Waals surface area contributed by atoms with Crippen molar-refractivity contribution >= 4 is 28.9 Å². The van der Waals surface area contributed by atoms with Gasteiger partial charge in [-0.25, -0.2) is 9.37 Å². The van der Waals surface area contributed by atoms with Gasteiger partial charge in [-0.1, -0.05) is 54.6 Å². The fourth-order valence-electron chi connectivity index (χ4n) is 4.46. The van der Waals surface area contributed by atoms with Crippen molar-refractivity contribution in [1.82, 2.24) is 9.55 Å². The Kier molecular flexibility index (Phi) is 5.38. The highest BCUT2D eigenvalue weighted by Crippen LogP contribution is 2.41. The van der Waals surface area contributed by atoms with E-state index in [1.165, 1.54) is 17.0 Å². The molecule has 0 radical (unpaired) electrons. The largest absolute Gasteiger partial charge is 0.465 e. The van der Waals surface area contributed by atoms with Gasteiger partial charge in [-0.2, -0.15) is 0 Å². The van der Waals surface area contributed by atoms with Crippen LogP contribution in [0.3, 0.4) is 0 Å². The average Bonchev–Trinajstić information content (AvgIpc) is 3.20. The number of carbonyl (C=O) groups excluding carboxylic acids is 2. The summed E-state index contributed by atoms with van der Waals surface area (Å²) >= 11 is 0. The number of hydrogen-bond donors (Lipinski definition) is 0. The molecular weight excluding hydrogens is 421 g/mol. The first-order valence-electron chi connectivity index (χ1n) is 10.8. The molecule has 7 heteroatoms. The fourth-order valence-corrected chi connectivity index (χ4v) is 4.46. The Hall–Kier alpha value is -4.00. The van der Waals surface area contributed by atoms with Crippen LogP contribution in [0.1, 0.15) is 24.1 Å². The minimum Gasteiger partial charge on any atom is -0.465 e. The van der Waals surface area contributed by atoms with Crippen LogP contribution < -0.4 is 4.90 Å². The van der Waals surface area contributed by atoms with Gasteiger partial charge in [-0.15, -0.1) is 0 Å². The van der Waals surface area contributed by atoms with Crippen LogP contribution in [0.25, 0.3) is 11.0 Å². The van der Waals surface area contributed by atoms with E-state index in [-0.39, 0.29) is 13.2 Å². The van der Waals surface area contributed by atoms with Crippen LogP contribution >= 0.6 is 0 Å². The number of benzene rings is 3. The highest BCUT2D eigenvalue weighted by Gasteiger charge is 2.47. The van der Waals surface area contributed by atoms with E-state index in [2.05, 4.69) is 0 Å². The first-order valence-corrected chi connectivity index (χ1v) is 10.8. The lowest BCUT2D eigenvalue weighted by Gasteiger charge is -2.38. The van der Waals surface area contributed by atoms with Gasteiger partial charge in [0.2, 0.25) is 11.9 Å². The van der Waals surface area contributed by atoms with Crippen LogP contribution in [0, 0.1) is 11.7 Å². The SMILES string of the molecule is CCOC(=O)[C@@H]1C(=O)N(Cc2ccccc2)c2nc3ccccc3n2[C@H]1c1cccc(F)c1. The first-order chi connectivity index (χ1) is 16.1. The van der Waals surface area contributed by atoms with E-state index in [4.69, 9.17) is 9.72 Å². The summed E-state index contributed by atoms with van der Waals surface area (Å²) in [5.41, 5.74) is 2.84. The van der Waals surface area contributed by atoms with E-state index in [0.717, 1.165) is 11.1 Å². The maximum absolute atomic E-state index is 14.2. The molecule has 1 aliphatic heterocycles. The molecule has 166 valence electrons. The number of hydrogen-bond acceptors (Lipinski definition) is 4. The van der Waals surface area contributed by atoms with Crippen molar-refractivity contribution in [3.63, 3.8) is 0 Å². The molecule has 3 aromatic carbocycles. The van der Waals surface area contributed by atoms with Gasteiger partial charge < -0.3 is 9.30 Å². The van der Waals surface area contributed by atoms with Gasteiger partial charge in [-0.3, -0.25) is 14.5 Å². The third-order valence-electron chi connectivity index (χ3n) is 5.86. The summed E-state index contributed by atoms with van der Waals surface area (Å²) in [7, 11) is 0. The Balaban J connectivity index is 1.76. The van der Waals surface area contributed by atoms with E-state index in [9.17, 15) is 14.0 Å². The molecule has 2 heterocycles. The molecule has 0 unspecified atom stereocenters. The number of imidazole rings is 1. The number of amides is 1. The van der Waals surface area contributed by atoms with Crippen molar-refractivity contribution < 1.29 is 18.7 Å². The van der Waals surface area contributed by atoms with Crippen LogP contribution in [-0.2, 0) is 20.9 Å². The quantitative estimate of drug-likeness (QED) is 0.337. The minimum absolute atomic E-state index is 0.134. The van der Waals surface area contributed by atoms with Gasteiger partial charge in [0, 0.05) is 0 Å². The number of fused-ring (bicyclic) bond motifs is 3. The topological polar surface area (TPSA) is 64.4 Å². The van der Waals surface area contributed by atoms with Gasteiger partial charge in [0.25, 0.3) is 0 Å². The minimum atomic E-state index is -1.18. The Morgan fingerprint density at radius 2 is 1.79 bits per heavy atom. The smallest absolute Gasteiger partial charge is 0.321 e. The summed E-state index contributed by atoms with van der Waals surface area (Å²) in [4.78, 5) is 33.2. The van der Waals surface area contributed by atoms with Crippen molar-refractivity contribution in [1.29, 1.82) is 0 Å². The summed E-state index contributed by atoms with van der Waals surface area (Å²) < 4.78 is 21.4. The standard InChI is InChI=1S/C26H22FN3O3/c1-2-33-25(32)22-23(18-11-8-12-19(27)15-18)30-21-14-7-6-13-20(21)28-26(30)29(24(22)31)16-17-9-4-3-5-10-17/h3-15,22-23H,2,16H2,1H3/t22-,23-/m0/s1. The lowest BCUT2D eigenvalue weighted by Crippen LogP contribution is -2.49. The molecule has 0 saturated carbocycles. The highest BCUT2D eigenvalue weighted by atomic mass is 19.1. The van der Waals surface area contributed by atoms with Crippen molar-refractivity contribution in [2.75, 3.05) is 11.5 Å². The second-order valence-electron chi connectivity index (χ2n) is 7.91. The van der Waals surface area contributed by atoms with E-state index >= 15 is 0 Å². The second kappa shape index (κ2) is 8.50. The summed E-state index contributed by atoms with van der Waals surface area (Å²) in [5.74, 6) is -2.27. The van der Waals surface area contributed by atoms with Gasteiger partial charge >= 0.3 is 5.97 Å². The van der Waals surface area contributed by atoms with Crippen molar-refractivity contribution in [2.45, 2.75) is 19.5 Å². The Morgan fingerprint density at radius 3 is 2.55 bits per heavy atom.